The lowest BCUT2D eigenvalue weighted by Gasteiger charge is -2.39. The lowest BCUT2D eigenvalue weighted by atomic mass is 9.91. The minimum atomic E-state index is 0.341. The number of piperidine rings is 1. The van der Waals surface area contributed by atoms with Crippen molar-refractivity contribution in [3.8, 4) is 11.8 Å². The van der Waals surface area contributed by atoms with Crippen molar-refractivity contribution in [2.45, 2.75) is 50.9 Å². The van der Waals surface area contributed by atoms with Crippen molar-refractivity contribution in [1.29, 1.82) is 0 Å². The molecule has 1 saturated heterocycles. The maximum absolute atomic E-state index is 6.16. The van der Waals surface area contributed by atoms with E-state index >= 15 is 0 Å². The third kappa shape index (κ3) is 5.15. The molecule has 136 valence electrons. The molecular weight excluding hydrogens is 318 g/mol. The summed E-state index contributed by atoms with van der Waals surface area (Å²) in [6.07, 6.45) is 6.97. The summed E-state index contributed by atoms with van der Waals surface area (Å²) in [6.45, 7) is 4.90. The van der Waals surface area contributed by atoms with Crippen LogP contribution in [0.1, 0.15) is 38.3 Å². The van der Waals surface area contributed by atoms with E-state index in [4.69, 9.17) is 14.2 Å². The van der Waals surface area contributed by atoms with Gasteiger partial charge in [-0.25, -0.2) is 9.97 Å². The lowest BCUT2D eigenvalue weighted by Crippen LogP contribution is -2.43. The van der Waals surface area contributed by atoms with Crippen molar-refractivity contribution in [3.05, 3.63) is 18.0 Å². The van der Waals surface area contributed by atoms with Crippen molar-refractivity contribution in [2.24, 2.45) is 0 Å². The highest BCUT2D eigenvalue weighted by Crippen LogP contribution is 2.29. The minimum absolute atomic E-state index is 0.341. The van der Waals surface area contributed by atoms with Crippen LogP contribution < -0.4 is 4.90 Å². The molecule has 3 rings (SSSR count). The summed E-state index contributed by atoms with van der Waals surface area (Å²) in [5.41, 5.74) is 0.739. The number of rotatable bonds is 6. The van der Waals surface area contributed by atoms with Crippen LogP contribution in [-0.2, 0) is 14.2 Å². The molecule has 0 amide bonds. The number of ether oxygens (including phenoxy) is 3. The van der Waals surface area contributed by atoms with Gasteiger partial charge in [-0.3, -0.25) is 0 Å². The van der Waals surface area contributed by atoms with Crippen molar-refractivity contribution < 1.29 is 14.2 Å². The summed E-state index contributed by atoms with van der Waals surface area (Å²) < 4.78 is 16.7. The van der Waals surface area contributed by atoms with Gasteiger partial charge in [-0.2, -0.15) is 0 Å². The Morgan fingerprint density at radius 3 is 2.72 bits per heavy atom. The van der Waals surface area contributed by atoms with Crippen molar-refractivity contribution in [1.82, 2.24) is 9.97 Å². The minimum Gasteiger partial charge on any atom is -0.381 e. The molecule has 6 heteroatoms. The normalized spacial score (nSPS) is 23.7. The van der Waals surface area contributed by atoms with Gasteiger partial charge in [0.05, 0.1) is 18.3 Å². The second kappa shape index (κ2) is 9.14. The number of nitrogens with zero attached hydrogens (tertiary/aromatic N) is 3. The van der Waals surface area contributed by atoms with E-state index in [0.717, 1.165) is 50.4 Å². The van der Waals surface area contributed by atoms with E-state index in [2.05, 4.69) is 26.7 Å². The van der Waals surface area contributed by atoms with Crippen LogP contribution in [0, 0.1) is 11.8 Å². The highest BCUT2D eigenvalue weighted by atomic mass is 16.5. The number of aromatic nitrogens is 2. The van der Waals surface area contributed by atoms with Gasteiger partial charge >= 0.3 is 0 Å². The van der Waals surface area contributed by atoms with Crippen LogP contribution >= 0.6 is 0 Å². The molecular formula is C19H27N3O3. The average molecular weight is 345 g/mol. The Hall–Kier alpha value is -1.68. The van der Waals surface area contributed by atoms with Crippen molar-refractivity contribution >= 4 is 5.95 Å². The highest BCUT2D eigenvalue weighted by molar-refractivity contribution is 5.36. The molecule has 1 aliphatic carbocycles. The monoisotopic (exact) mass is 345 g/mol. The third-order valence-electron chi connectivity index (χ3n) is 4.73. The summed E-state index contributed by atoms with van der Waals surface area (Å²) >= 11 is 0. The van der Waals surface area contributed by atoms with E-state index < -0.39 is 0 Å². The van der Waals surface area contributed by atoms with Crippen LogP contribution in [0.2, 0.25) is 0 Å². The van der Waals surface area contributed by atoms with E-state index in [9.17, 15) is 0 Å². The summed E-state index contributed by atoms with van der Waals surface area (Å²) in [4.78, 5) is 11.2. The largest absolute Gasteiger partial charge is 0.381 e. The van der Waals surface area contributed by atoms with E-state index in [0.29, 0.717) is 31.5 Å². The molecule has 0 bridgehead atoms. The van der Waals surface area contributed by atoms with E-state index in [1.54, 1.807) is 13.3 Å². The van der Waals surface area contributed by atoms with Gasteiger partial charge < -0.3 is 19.1 Å². The maximum atomic E-state index is 6.16. The predicted molar refractivity (Wildman–Crippen MR) is 95.5 cm³/mol. The topological polar surface area (TPSA) is 56.7 Å². The molecule has 0 N–H and O–H groups in total. The Morgan fingerprint density at radius 1 is 1.20 bits per heavy atom. The van der Waals surface area contributed by atoms with Gasteiger partial charge in [0, 0.05) is 33.0 Å². The number of methoxy groups -OCH3 is 1. The molecule has 1 aromatic heterocycles. The SMILES string of the molecule is CCOCC#Cc1ccnc(N2CCC(OC3CC(OC)C3)CC2)n1. The first kappa shape index (κ1) is 18.1. The molecule has 0 radical (unpaired) electrons. The molecule has 0 unspecified atom stereocenters. The molecule has 0 aromatic carbocycles. The van der Waals surface area contributed by atoms with E-state index in [-0.39, 0.29) is 0 Å². The van der Waals surface area contributed by atoms with Gasteiger partial charge in [0.15, 0.2) is 0 Å². The Balaban J connectivity index is 1.46. The standard InChI is InChI=1S/C19H27N3O3/c1-3-24-12-4-5-15-6-9-20-19(21-15)22-10-7-16(8-11-22)25-18-13-17(14-18)23-2/h6,9,16-18H,3,7-8,10-14H2,1-2H3. The van der Waals surface area contributed by atoms with Crippen LogP contribution in [0.4, 0.5) is 5.95 Å². The molecule has 2 fully saturated rings. The fraction of sp³-hybridized carbons (Fsp3) is 0.684. The number of anilines is 1. The van der Waals surface area contributed by atoms with Gasteiger partial charge in [-0.05, 0) is 44.6 Å². The quantitative estimate of drug-likeness (QED) is 0.581. The van der Waals surface area contributed by atoms with Crippen molar-refractivity contribution in [2.75, 3.05) is 38.3 Å². The van der Waals surface area contributed by atoms with Gasteiger partial charge in [-0.15, -0.1) is 0 Å². The summed E-state index contributed by atoms with van der Waals surface area (Å²) in [5.74, 6) is 6.76. The molecule has 6 nitrogen and oxygen atoms in total. The highest BCUT2D eigenvalue weighted by Gasteiger charge is 2.33. The fourth-order valence-electron chi connectivity index (χ4n) is 3.14. The number of hydrogen-bond donors (Lipinski definition) is 0. The lowest BCUT2D eigenvalue weighted by molar-refractivity contribution is -0.119. The van der Waals surface area contributed by atoms with Gasteiger partial charge in [0.25, 0.3) is 0 Å². The van der Waals surface area contributed by atoms with Gasteiger partial charge in [0.2, 0.25) is 5.95 Å². The van der Waals surface area contributed by atoms with Crippen LogP contribution in [0.5, 0.6) is 0 Å². The van der Waals surface area contributed by atoms with E-state index in [1.807, 2.05) is 13.0 Å². The zero-order valence-corrected chi connectivity index (χ0v) is 15.1. The Labute approximate surface area is 149 Å². The van der Waals surface area contributed by atoms with Gasteiger partial charge in [0.1, 0.15) is 12.3 Å². The average Bonchev–Trinajstić information content (AvgIpc) is 2.62. The first-order valence-electron chi connectivity index (χ1n) is 9.11. The van der Waals surface area contributed by atoms with Crippen LogP contribution in [0.15, 0.2) is 12.3 Å². The second-order valence-electron chi connectivity index (χ2n) is 6.45. The molecule has 25 heavy (non-hydrogen) atoms. The van der Waals surface area contributed by atoms with E-state index in [1.165, 1.54) is 0 Å². The van der Waals surface area contributed by atoms with Crippen LogP contribution in [0.3, 0.4) is 0 Å². The third-order valence-corrected chi connectivity index (χ3v) is 4.73. The number of hydrogen-bond acceptors (Lipinski definition) is 6. The smallest absolute Gasteiger partial charge is 0.226 e. The Kier molecular flexibility index (Phi) is 6.62. The molecule has 1 aliphatic heterocycles. The fourth-order valence-corrected chi connectivity index (χ4v) is 3.14. The second-order valence-corrected chi connectivity index (χ2v) is 6.45. The maximum Gasteiger partial charge on any atom is 0.226 e. The zero-order valence-electron chi connectivity index (χ0n) is 15.1. The summed E-state index contributed by atoms with van der Waals surface area (Å²) in [7, 11) is 1.77. The van der Waals surface area contributed by atoms with Crippen molar-refractivity contribution in [3.63, 3.8) is 0 Å². The molecule has 2 heterocycles. The summed E-state index contributed by atoms with van der Waals surface area (Å²) in [6, 6.07) is 1.83. The first-order chi connectivity index (χ1) is 12.3. The van der Waals surface area contributed by atoms with Crippen LogP contribution in [0.25, 0.3) is 0 Å². The van der Waals surface area contributed by atoms with Crippen LogP contribution in [-0.4, -0.2) is 61.7 Å². The molecule has 0 spiro atoms. The Morgan fingerprint density at radius 2 is 2.00 bits per heavy atom. The zero-order chi connectivity index (χ0) is 17.5. The molecule has 1 saturated carbocycles. The van der Waals surface area contributed by atoms with Gasteiger partial charge in [-0.1, -0.05) is 5.92 Å². The Bertz CT molecular complexity index is 599. The molecule has 0 atom stereocenters. The molecule has 1 aromatic rings. The first-order valence-corrected chi connectivity index (χ1v) is 9.11. The molecule has 2 aliphatic rings. The summed E-state index contributed by atoms with van der Waals surface area (Å²) in [5, 5.41) is 0. The predicted octanol–water partition coefficient (Wildman–Crippen LogP) is 2.03.